The Labute approximate surface area is 135 Å². The number of furan rings is 1. The minimum absolute atomic E-state index is 0.213. The van der Waals surface area contributed by atoms with E-state index in [0.29, 0.717) is 16.0 Å². The van der Waals surface area contributed by atoms with Gasteiger partial charge in [0.2, 0.25) is 0 Å². The predicted octanol–water partition coefficient (Wildman–Crippen LogP) is 3.60. The number of benzene rings is 1. The topological polar surface area (TPSA) is 60.4 Å². The molecule has 0 atom stereocenters. The molecule has 0 aliphatic carbocycles. The number of hydrogen-bond donors (Lipinski definition) is 0. The molecule has 0 aliphatic rings. The summed E-state index contributed by atoms with van der Waals surface area (Å²) in [4.78, 5) is 17.7. The monoisotopic (exact) mass is 321 g/mol. The van der Waals surface area contributed by atoms with Gasteiger partial charge in [-0.2, -0.15) is 9.78 Å². The van der Waals surface area contributed by atoms with Crippen LogP contribution in [0.5, 0.6) is 0 Å². The summed E-state index contributed by atoms with van der Waals surface area (Å²) in [6.45, 7) is 0. The minimum atomic E-state index is -0.213. The summed E-state index contributed by atoms with van der Waals surface area (Å²) in [6.07, 6.45) is 4.65. The fraction of sp³-hybridized carbons (Fsp3) is 0. The number of hydrogen-bond acceptors (Lipinski definition) is 5. The van der Waals surface area contributed by atoms with E-state index in [1.54, 1.807) is 18.5 Å². The Balaban J connectivity index is 1.83. The summed E-state index contributed by atoms with van der Waals surface area (Å²) in [5.74, 6) is 0.653. The third-order valence-electron chi connectivity index (χ3n) is 3.40. The van der Waals surface area contributed by atoms with Gasteiger partial charge in [0.05, 0.1) is 17.9 Å². The van der Waals surface area contributed by atoms with E-state index in [1.807, 2.05) is 41.8 Å². The van der Waals surface area contributed by atoms with Gasteiger partial charge in [-0.15, -0.1) is 11.3 Å². The van der Waals surface area contributed by atoms with Crippen LogP contribution in [0.1, 0.15) is 5.56 Å². The zero-order chi connectivity index (χ0) is 15.6. The van der Waals surface area contributed by atoms with Gasteiger partial charge in [0.1, 0.15) is 16.9 Å². The molecule has 3 heterocycles. The number of thiophene rings is 1. The van der Waals surface area contributed by atoms with Crippen molar-refractivity contribution in [2.24, 2.45) is 5.10 Å². The number of rotatable bonds is 3. The van der Waals surface area contributed by atoms with Gasteiger partial charge in [0.15, 0.2) is 0 Å². The predicted molar refractivity (Wildman–Crippen MR) is 91.0 cm³/mol. The summed E-state index contributed by atoms with van der Waals surface area (Å²) < 4.78 is 6.65. The van der Waals surface area contributed by atoms with E-state index < -0.39 is 0 Å². The second-order valence-corrected chi connectivity index (χ2v) is 5.71. The highest BCUT2D eigenvalue weighted by Gasteiger charge is 2.14. The van der Waals surface area contributed by atoms with E-state index in [2.05, 4.69) is 10.1 Å². The van der Waals surface area contributed by atoms with Crippen LogP contribution >= 0.6 is 11.3 Å². The molecule has 0 aliphatic heterocycles. The van der Waals surface area contributed by atoms with Gasteiger partial charge in [0, 0.05) is 10.9 Å². The van der Waals surface area contributed by atoms with Crippen molar-refractivity contribution in [3.63, 3.8) is 0 Å². The van der Waals surface area contributed by atoms with Crippen molar-refractivity contribution in [1.29, 1.82) is 0 Å². The van der Waals surface area contributed by atoms with E-state index in [4.69, 9.17) is 4.42 Å². The summed E-state index contributed by atoms with van der Waals surface area (Å²) in [7, 11) is 0. The maximum atomic E-state index is 12.7. The summed E-state index contributed by atoms with van der Waals surface area (Å²) in [5, 5.41) is 6.62. The van der Waals surface area contributed by atoms with Crippen LogP contribution < -0.4 is 5.56 Å². The lowest BCUT2D eigenvalue weighted by atomic mass is 10.2. The Bertz CT molecular complexity index is 1030. The van der Waals surface area contributed by atoms with Crippen molar-refractivity contribution in [2.45, 2.75) is 0 Å². The van der Waals surface area contributed by atoms with Crippen molar-refractivity contribution < 1.29 is 4.42 Å². The lowest BCUT2D eigenvalue weighted by Crippen LogP contribution is -2.16. The average Bonchev–Trinajstić information content (AvgIpc) is 3.24. The summed E-state index contributed by atoms with van der Waals surface area (Å²) in [5.41, 5.74) is 1.45. The van der Waals surface area contributed by atoms with Crippen LogP contribution in [0.15, 0.2) is 74.7 Å². The highest BCUT2D eigenvalue weighted by molar-refractivity contribution is 7.17. The van der Waals surface area contributed by atoms with Crippen molar-refractivity contribution in [3.05, 3.63) is 76.4 Å². The highest BCUT2D eigenvalue weighted by atomic mass is 32.1. The van der Waals surface area contributed by atoms with Gasteiger partial charge in [-0.05, 0) is 17.7 Å². The maximum Gasteiger partial charge on any atom is 0.283 e. The van der Waals surface area contributed by atoms with Gasteiger partial charge in [-0.25, -0.2) is 4.98 Å². The molecule has 0 radical (unpaired) electrons. The van der Waals surface area contributed by atoms with Crippen LogP contribution in [-0.4, -0.2) is 15.9 Å². The summed E-state index contributed by atoms with van der Waals surface area (Å²) in [6, 6.07) is 13.2. The molecule has 23 heavy (non-hydrogen) atoms. The van der Waals surface area contributed by atoms with E-state index in [0.717, 1.165) is 11.1 Å². The van der Waals surface area contributed by atoms with Crippen LogP contribution in [0.4, 0.5) is 0 Å². The molecule has 0 spiro atoms. The number of aromatic nitrogens is 2. The van der Waals surface area contributed by atoms with Crippen LogP contribution in [0, 0.1) is 0 Å². The first-order valence-corrected chi connectivity index (χ1v) is 7.83. The zero-order valence-electron chi connectivity index (χ0n) is 11.9. The Morgan fingerprint density at radius 2 is 2.04 bits per heavy atom. The normalized spacial score (nSPS) is 11.5. The van der Waals surface area contributed by atoms with E-state index in [-0.39, 0.29) is 5.56 Å². The Kier molecular flexibility index (Phi) is 3.36. The maximum absolute atomic E-state index is 12.7. The lowest BCUT2D eigenvalue weighted by Gasteiger charge is -1.99. The third-order valence-corrected chi connectivity index (χ3v) is 4.28. The van der Waals surface area contributed by atoms with E-state index in [1.165, 1.54) is 22.3 Å². The van der Waals surface area contributed by atoms with Gasteiger partial charge >= 0.3 is 0 Å². The van der Waals surface area contributed by atoms with E-state index >= 15 is 0 Å². The molecule has 0 unspecified atom stereocenters. The van der Waals surface area contributed by atoms with Crippen LogP contribution in [0.3, 0.4) is 0 Å². The molecule has 0 fully saturated rings. The average molecular weight is 321 g/mol. The molecule has 4 aromatic rings. The van der Waals surface area contributed by atoms with Gasteiger partial charge in [-0.3, -0.25) is 4.79 Å². The van der Waals surface area contributed by atoms with Gasteiger partial charge in [-0.1, -0.05) is 30.3 Å². The molecule has 112 valence electrons. The molecule has 4 rings (SSSR count). The minimum Gasteiger partial charge on any atom is -0.464 e. The Morgan fingerprint density at radius 1 is 1.17 bits per heavy atom. The second kappa shape index (κ2) is 5.66. The van der Waals surface area contributed by atoms with Crippen molar-refractivity contribution in [3.8, 4) is 11.3 Å². The smallest absolute Gasteiger partial charge is 0.283 e. The molecule has 1 aromatic carbocycles. The molecule has 3 aromatic heterocycles. The van der Waals surface area contributed by atoms with Crippen LogP contribution in [0.2, 0.25) is 0 Å². The molecule has 0 bridgehead atoms. The third kappa shape index (κ3) is 2.49. The largest absolute Gasteiger partial charge is 0.464 e. The van der Waals surface area contributed by atoms with Crippen molar-refractivity contribution in [2.75, 3.05) is 0 Å². The lowest BCUT2D eigenvalue weighted by molar-refractivity contribution is 0.583. The molecule has 0 saturated carbocycles. The molecular weight excluding hydrogens is 310 g/mol. The second-order valence-electron chi connectivity index (χ2n) is 4.86. The first kappa shape index (κ1) is 13.7. The van der Waals surface area contributed by atoms with Crippen molar-refractivity contribution in [1.82, 2.24) is 9.66 Å². The van der Waals surface area contributed by atoms with Gasteiger partial charge < -0.3 is 4.42 Å². The molecule has 6 heteroatoms. The fourth-order valence-electron chi connectivity index (χ4n) is 2.29. The number of nitrogens with zero attached hydrogens (tertiary/aromatic N) is 3. The Hall–Kier alpha value is -2.99. The standard InChI is InChI=1S/C17H11N3O2S/c21-17-15-13(14-7-4-8-22-14)10-23-16(15)18-11-20(17)19-9-12-5-2-1-3-6-12/h1-11H/b19-9-. The SMILES string of the molecule is O=c1c2c(-c3ccco3)csc2ncn1/N=C\c1ccccc1. The fourth-order valence-corrected chi connectivity index (χ4v) is 3.17. The van der Waals surface area contributed by atoms with Crippen LogP contribution in [-0.2, 0) is 0 Å². The number of fused-ring (bicyclic) bond motifs is 1. The van der Waals surface area contributed by atoms with Crippen molar-refractivity contribution >= 4 is 27.8 Å². The molecule has 0 N–H and O–H groups in total. The first-order chi connectivity index (χ1) is 11.3. The zero-order valence-corrected chi connectivity index (χ0v) is 12.7. The molecule has 0 saturated heterocycles. The molecule has 0 amide bonds. The van der Waals surface area contributed by atoms with Crippen LogP contribution in [0.25, 0.3) is 21.5 Å². The molecular formula is C17H11N3O2S. The Morgan fingerprint density at radius 3 is 2.83 bits per heavy atom. The molecule has 5 nitrogen and oxygen atoms in total. The van der Waals surface area contributed by atoms with E-state index in [9.17, 15) is 4.79 Å². The van der Waals surface area contributed by atoms with Gasteiger partial charge in [0.25, 0.3) is 5.56 Å². The quantitative estimate of drug-likeness (QED) is 0.542. The first-order valence-electron chi connectivity index (χ1n) is 6.95. The summed E-state index contributed by atoms with van der Waals surface area (Å²) >= 11 is 1.41. The highest BCUT2D eigenvalue weighted by Crippen LogP contribution is 2.30.